The minimum Gasteiger partial charge on any atom is -0.488 e. The lowest BCUT2D eigenvalue weighted by Crippen LogP contribution is -2.16. The zero-order valence-electron chi connectivity index (χ0n) is 17.8. The number of carboxylic acids is 1. The average Bonchev–Trinajstić information content (AvgIpc) is 3.27. The number of hydrazone groups is 1. The lowest BCUT2D eigenvalue weighted by atomic mass is 10.1. The number of nitro benzene ring substituents is 1. The molecule has 0 atom stereocenters. The highest BCUT2D eigenvalue weighted by Gasteiger charge is 2.15. The molecule has 0 aliphatic heterocycles. The number of carbonyl (C=O) groups is 2. The number of aromatic carboxylic acids is 1. The van der Waals surface area contributed by atoms with E-state index in [4.69, 9.17) is 14.3 Å². The van der Waals surface area contributed by atoms with Gasteiger partial charge in [0.2, 0.25) is 0 Å². The molecule has 0 radical (unpaired) electrons. The van der Waals surface area contributed by atoms with Crippen molar-refractivity contribution < 1.29 is 28.8 Å². The van der Waals surface area contributed by atoms with Crippen LogP contribution < -0.4 is 10.2 Å². The predicted molar refractivity (Wildman–Crippen MR) is 130 cm³/mol. The molecule has 35 heavy (non-hydrogen) atoms. The summed E-state index contributed by atoms with van der Waals surface area (Å²) in [7, 11) is 0. The zero-order valence-corrected chi connectivity index (χ0v) is 19.4. The molecule has 0 spiro atoms. The van der Waals surface area contributed by atoms with Crippen molar-refractivity contribution in [3.63, 3.8) is 0 Å². The Morgan fingerprint density at radius 2 is 1.89 bits per heavy atom. The van der Waals surface area contributed by atoms with Crippen molar-refractivity contribution in [3.8, 4) is 5.75 Å². The summed E-state index contributed by atoms with van der Waals surface area (Å²) in [6.07, 6.45) is 1.40. The van der Waals surface area contributed by atoms with Gasteiger partial charge in [0.25, 0.3) is 5.69 Å². The van der Waals surface area contributed by atoms with Gasteiger partial charge >= 0.3 is 11.9 Å². The number of rotatable bonds is 8. The van der Waals surface area contributed by atoms with Crippen LogP contribution in [0.3, 0.4) is 0 Å². The first-order valence-corrected chi connectivity index (χ1v) is 10.9. The van der Waals surface area contributed by atoms with Crippen molar-refractivity contribution in [1.82, 2.24) is 5.43 Å². The van der Waals surface area contributed by atoms with E-state index < -0.39 is 16.8 Å². The maximum atomic E-state index is 12.4. The van der Waals surface area contributed by atoms with Crippen LogP contribution in [0.25, 0.3) is 11.0 Å². The number of carbonyl (C=O) groups excluding carboxylic acids is 1. The van der Waals surface area contributed by atoms with Crippen molar-refractivity contribution in [2.75, 3.05) is 0 Å². The molecule has 0 aliphatic carbocycles. The number of hydrogen-bond donors (Lipinski definition) is 2. The molecule has 11 heteroatoms. The molecule has 0 saturated carbocycles. The third-order valence-corrected chi connectivity index (χ3v) is 5.36. The lowest BCUT2D eigenvalue weighted by molar-refractivity contribution is -0.384. The highest BCUT2D eigenvalue weighted by molar-refractivity contribution is 9.10. The Balaban J connectivity index is 1.44. The maximum Gasteiger partial charge on any atom is 0.335 e. The summed E-state index contributed by atoms with van der Waals surface area (Å²) < 4.78 is 12.1. The number of furan rings is 1. The van der Waals surface area contributed by atoms with E-state index in [2.05, 4.69) is 26.5 Å². The fourth-order valence-corrected chi connectivity index (χ4v) is 3.51. The molecule has 1 amide bonds. The minimum atomic E-state index is -1.00. The summed E-state index contributed by atoms with van der Waals surface area (Å²) in [4.78, 5) is 33.8. The first-order valence-electron chi connectivity index (χ1n) is 10.1. The highest BCUT2D eigenvalue weighted by Crippen LogP contribution is 2.25. The quantitative estimate of drug-likeness (QED) is 0.179. The first kappa shape index (κ1) is 23.6. The summed E-state index contributed by atoms with van der Waals surface area (Å²) >= 11 is 3.38. The Morgan fingerprint density at radius 3 is 2.60 bits per heavy atom. The number of carboxylic acid groups (broad SMARTS) is 1. The van der Waals surface area contributed by atoms with E-state index >= 15 is 0 Å². The van der Waals surface area contributed by atoms with Crippen LogP contribution in [0.2, 0.25) is 0 Å². The van der Waals surface area contributed by atoms with Gasteiger partial charge in [-0.1, -0.05) is 28.1 Å². The standard InChI is InChI=1S/C24H16BrN3O7/c25-18-5-7-20(34-13-14-1-3-15(4-2-14)24(30)31)17(9-18)12-26-27-23(29)22-11-16-10-19(28(32)33)6-8-21(16)35-22/h1-12H,13H2,(H,27,29)(H,30,31)/b26-12-. The van der Waals surface area contributed by atoms with Crippen molar-refractivity contribution in [2.45, 2.75) is 6.61 Å². The molecule has 10 nitrogen and oxygen atoms in total. The van der Waals surface area contributed by atoms with Crippen LogP contribution in [-0.4, -0.2) is 28.1 Å². The number of halogens is 1. The number of non-ortho nitro benzene ring substituents is 1. The van der Waals surface area contributed by atoms with Gasteiger partial charge in [-0.05, 0) is 48.0 Å². The van der Waals surface area contributed by atoms with Crippen molar-refractivity contribution >= 4 is 50.7 Å². The summed E-state index contributed by atoms with van der Waals surface area (Å²) in [5.41, 5.74) is 4.12. The minimum absolute atomic E-state index is 0.0480. The molecule has 0 saturated heterocycles. The third-order valence-electron chi connectivity index (χ3n) is 4.87. The average molecular weight is 538 g/mol. The maximum absolute atomic E-state index is 12.4. The van der Waals surface area contributed by atoms with E-state index in [1.165, 1.54) is 42.6 Å². The predicted octanol–water partition coefficient (Wildman–Crippen LogP) is 5.14. The van der Waals surface area contributed by atoms with Crippen LogP contribution in [0.4, 0.5) is 5.69 Å². The van der Waals surface area contributed by atoms with Crippen LogP contribution in [0, 0.1) is 10.1 Å². The van der Waals surface area contributed by atoms with E-state index in [0.717, 1.165) is 10.0 Å². The Bertz CT molecular complexity index is 1460. The second-order valence-electron chi connectivity index (χ2n) is 7.26. The number of nitro groups is 1. The van der Waals surface area contributed by atoms with Gasteiger partial charge in [-0.2, -0.15) is 5.10 Å². The molecule has 1 aromatic heterocycles. The van der Waals surface area contributed by atoms with Crippen molar-refractivity contribution in [3.05, 3.63) is 104 Å². The summed E-state index contributed by atoms with van der Waals surface area (Å²) in [6, 6.07) is 17.0. The number of amides is 1. The Hall–Kier alpha value is -4.51. The Labute approximate surface area is 206 Å². The summed E-state index contributed by atoms with van der Waals surface area (Å²) in [5, 5.41) is 24.3. The van der Waals surface area contributed by atoms with Gasteiger partial charge in [-0.3, -0.25) is 14.9 Å². The van der Waals surface area contributed by atoms with Gasteiger partial charge < -0.3 is 14.3 Å². The SMILES string of the molecule is O=C(O)c1ccc(COc2ccc(Br)cc2/C=N\NC(=O)c2cc3cc([N+](=O)[O-])ccc3o2)cc1. The number of hydrogen-bond acceptors (Lipinski definition) is 7. The molecular formula is C24H16BrN3O7. The fourth-order valence-electron chi connectivity index (χ4n) is 3.13. The largest absolute Gasteiger partial charge is 0.488 e. The first-order chi connectivity index (χ1) is 16.8. The molecule has 2 N–H and O–H groups in total. The van der Waals surface area contributed by atoms with E-state index in [9.17, 15) is 19.7 Å². The molecule has 0 bridgehead atoms. The van der Waals surface area contributed by atoms with E-state index in [1.54, 1.807) is 30.3 Å². The van der Waals surface area contributed by atoms with Gasteiger partial charge in [0.1, 0.15) is 17.9 Å². The van der Waals surface area contributed by atoms with Crippen LogP contribution >= 0.6 is 15.9 Å². The van der Waals surface area contributed by atoms with Crippen molar-refractivity contribution in [2.24, 2.45) is 5.10 Å². The molecule has 0 aliphatic rings. The van der Waals surface area contributed by atoms with E-state index in [1.807, 2.05) is 0 Å². The number of nitrogens with one attached hydrogen (secondary N) is 1. The number of ether oxygens (including phenoxy) is 1. The van der Waals surface area contributed by atoms with Gasteiger partial charge in [-0.25, -0.2) is 10.2 Å². The second kappa shape index (κ2) is 10.2. The molecule has 0 unspecified atom stereocenters. The molecular weight excluding hydrogens is 522 g/mol. The smallest absolute Gasteiger partial charge is 0.335 e. The lowest BCUT2D eigenvalue weighted by Gasteiger charge is -2.10. The zero-order chi connectivity index (χ0) is 24.9. The van der Waals surface area contributed by atoms with Crippen LogP contribution in [0.1, 0.15) is 32.0 Å². The fraction of sp³-hybridized carbons (Fsp3) is 0.0417. The van der Waals surface area contributed by atoms with Crippen LogP contribution in [0.5, 0.6) is 5.75 Å². The Morgan fingerprint density at radius 1 is 1.11 bits per heavy atom. The van der Waals surface area contributed by atoms with Gasteiger partial charge in [0.05, 0.1) is 16.7 Å². The molecule has 4 rings (SSSR count). The summed E-state index contributed by atoms with van der Waals surface area (Å²) in [6.45, 7) is 0.194. The molecule has 176 valence electrons. The Kier molecular flexibility index (Phi) is 6.88. The summed E-state index contributed by atoms with van der Waals surface area (Å²) in [5.74, 6) is -1.19. The topological polar surface area (TPSA) is 144 Å². The van der Waals surface area contributed by atoms with Crippen molar-refractivity contribution in [1.29, 1.82) is 0 Å². The number of nitrogens with zero attached hydrogens (tertiary/aromatic N) is 2. The van der Waals surface area contributed by atoms with E-state index in [0.29, 0.717) is 22.3 Å². The second-order valence-corrected chi connectivity index (χ2v) is 8.18. The molecule has 1 heterocycles. The number of fused-ring (bicyclic) bond motifs is 1. The van der Waals surface area contributed by atoms with E-state index in [-0.39, 0.29) is 23.6 Å². The van der Waals surface area contributed by atoms with Crippen LogP contribution in [0.15, 0.2) is 80.7 Å². The monoisotopic (exact) mass is 537 g/mol. The molecule has 4 aromatic rings. The van der Waals surface area contributed by atoms with Gasteiger partial charge in [0, 0.05) is 27.6 Å². The van der Waals surface area contributed by atoms with Crippen LogP contribution in [-0.2, 0) is 6.61 Å². The van der Waals surface area contributed by atoms with Gasteiger partial charge in [-0.15, -0.1) is 0 Å². The normalized spacial score (nSPS) is 11.0. The molecule has 3 aromatic carbocycles. The van der Waals surface area contributed by atoms with Gasteiger partial charge in [0.15, 0.2) is 5.76 Å². The highest BCUT2D eigenvalue weighted by atomic mass is 79.9. The third kappa shape index (κ3) is 5.71. The molecule has 0 fully saturated rings. The number of benzene rings is 3.